The Morgan fingerprint density at radius 1 is 1.30 bits per heavy atom. The van der Waals surface area contributed by atoms with Crippen LogP contribution in [0.5, 0.6) is 5.75 Å². The van der Waals surface area contributed by atoms with E-state index < -0.39 is 55.9 Å². The number of hydrogen-bond donors (Lipinski definition) is 7. The average Bonchev–Trinajstić information content (AvgIpc) is 2.72. The molecule has 12 heteroatoms. The van der Waals surface area contributed by atoms with Gasteiger partial charge in [0.2, 0.25) is 0 Å². The van der Waals surface area contributed by atoms with Gasteiger partial charge in [0.15, 0.2) is 12.3 Å². The molecule has 0 bridgehead atoms. The van der Waals surface area contributed by atoms with Gasteiger partial charge >= 0.3 is 5.97 Å². The van der Waals surface area contributed by atoms with E-state index in [0.29, 0.717) is 16.8 Å². The molecule has 0 spiro atoms. The standard InChI is InChI=1S/C18H26N2O10/c1-8-13(23)10(9(5-21)4-20-8)2-3-19-11(17(27)28)7-29-18-16(26)15(25)14(24)12(6-22)30-18/h3-4,11-12,14-16,18,21-26H,2,5-7H2,1H3,(H,27,28)/t11-,12+,14+,15-,16+,18-/m0/s1. The van der Waals surface area contributed by atoms with Gasteiger partial charge in [0.25, 0.3) is 0 Å². The smallest absolute Gasteiger partial charge is 0.330 e. The van der Waals surface area contributed by atoms with Crippen molar-refractivity contribution in [1.29, 1.82) is 0 Å². The molecule has 168 valence electrons. The molecular formula is C18H26N2O10. The zero-order chi connectivity index (χ0) is 22.4. The van der Waals surface area contributed by atoms with Crippen LogP contribution in [0.4, 0.5) is 0 Å². The number of aliphatic imine (C=N–C) groups is 1. The summed E-state index contributed by atoms with van der Waals surface area (Å²) in [5.74, 6) is -1.47. The molecule has 30 heavy (non-hydrogen) atoms. The average molecular weight is 430 g/mol. The Morgan fingerprint density at radius 2 is 2.00 bits per heavy atom. The SMILES string of the molecule is Cc1ncc(CO)c(CC=N[C@@H](CO[C@H]2O[C@H](CO)[C@@H](O)[C@H](O)[C@H]2O)C(=O)O)c1O. The summed E-state index contributed by atoms with van der Waals surface area (Å²) in [7, 11) is 0. The number of hydrogen-bond acceptors (Lipinski definition) is 11. The van der Waals surface area contributed by atoms with E-state index in [9.17, 15) is 35.4 Å². The second kappa shape index (κ2) is 10.7. The Hall–Kier alpha value is -2.19. The number of nitrogens with zero attached hydrogens (tertiary/aromatic N) is 2. The van der Waals surface area contributed by atoms with E-state index in [1.807, 2.05) is 0 Å². The molecule has 1 saturated heterocycles. The maximum absolute atomic E-state index is 11.5. The van der Waals surface area contributed by atoms with Gasteiger partial charge in [-0.2, -0.15) is 0 Å². The lowest BCUT2D eigenvalue weighted by molar-refractivity contribution is -0.301. The fourth-order valence-electron chi connectivity index (χ4n) is 2.89. The maximum Gasteiger partial charge on any atom is 0.330 e. The van der Waals surface area contributed by atoms with Crippen molar-refractivity contribution in [2.24, 2.45) is 4.99 Å². The van der Waals surface area contributed by atoms with Crippen molar-refractivity contribution in [2.45, 2.75) is 56.7 Å². The van der Waals surface area contributed by atoms with Crippen LogP contribution < -0.4 is 0 Å². The number of carbonyl (C=O) groups is 1. The van der Waals surface area contributed by atoms with Crippen LogP contribution in [0.1, 0.15) is 16.8 Å². The number of aryl methyl sites for hydroxylation is 1. The summed E-state index contributed by atoms with van der Waals surface area (Å²) in [5, 5.41) is 67.4. The molecule has 1 fully saturated rings. The van der Waals surface area contributed by atoms with Gasteiger partial charge in [-0.25, -0.2) is 4.79 Å². The first-order chi connectivity index (χ1) is 14.2. The van der Waals surface area contributed by atoms with Crippen molar-refractivity contribution in [3.63, 3.8) is 0 Å². The zero-order valence-corrected chi connectivity index (χ0v) is 16.2. The van der Waals surface area contributed by atoms with Crippen LogP contribution in [0, 0.1) is 6.92 Å². The summed E-state index contributed by atoms with van der Waals surface area (Å²) in [6.45, 7) is 0.0220. The Bertz CT molecular complexity index is 757. The molecule has 6 atom stereocenters. The molecule has 2 heterocycles. The van der Waals surface area contributed by atoms with Crippen LogP contribution in [0.15, 0.2) is 11.2 Å². The summed E-state index contributed by atoms with van der Waals surface area (Å²) in [5.41, 5.74) is 1.07. The minimum atomic E-state index is -1.66. The minimum absolute atomic E-state index is 0.0227. The third-order valence-electron chi connectivity index (χ3n) is 4.73. The number of aromatic hydroxyl groups is 1. The molecule has 2 rings (SSSR count). The molecule has 0 amide bonds. The molecule has 1 aromatic heterocycles. The van der Waals surface area contributed by atoms with E-state index in [1.165, 1.54) is 12.4 Å². The predicted molar refractivity (Wildman–Crippen MR) is 99.9 cm³/mol. The molecule has 0 aromatic carbocycles. The predicted octanol–water partition coefficient (Wildman–Crippen LogP) is -2.53. The van der Waals surface area contributed by atoms with Crippen LogP contribution in [-0.4, -0.2) is 103 Å². The number of rotatable bonds is 9. The maximum atomic E-state index is 11.5. The summed E-state index contributed by atoms with van der Waals surface area (Å²) < 4.78 is 10.4. The van der Waals surface area contributed by atoms with E-state index in [-0.39, 0.29) is 18.8 Å². The lowest BCUT2D eigenvalue weighted by Crippen LogP contribution is -2.59. The molecule has 0 aliphatic carbocycles. The van der Waals surface area contributed by atoms with Crippen molar-refractivity contribution >= 4 is 12.2 Å². The fraction of sp³-hybridized carbons (Fsp3) is 0.611. The van der Waals surface area contributed by atoms with Crippen molar-refractivity contribution in [3.8, 4) is 5.75 Å². The molecule has 0 unspecified atom stereocenters. The number of aliphatic hydroxyl groups is 5. The molecule has 0 saturated carbocycles. The van der Waals surface area contributed by atoms with Gasteiger partial charge in [-0.15, -0.1) is 0 Å². The minimum Gasteiger partial charge on any atom is -0.506 e. The second-order valence-corrected chi connectivity index (χ2v) is 6.77. The van der Waals surface area contributed by atoms with Gasteiger partial charge in [0, 0.05) is 30.0 Å². The van der Waals surface area contributed by atoms with E-state index >= 15 is 0 Å². The largest absolute Gasteiger partial charge is 0.506 e. The highest BCUT2D eigenvalue weighted by Crippen LogP contribution is 2.24. The molecule has 7 N–H and O–H groups in total. The quantitative estimate of drug-likeness (QED) is 0.204. The highest BCUT2D eigenvalue weighted by atomic mass is 16.7. The van der Waals surface area contributed by atoms with Crippen LogP contribution >= 0.6 is 0 Å². The molecule has 12 nitrogen and oxygen atoms in total. The summed E-state index contributed by atoms with van der Waals surface area (Å²) in [4.78, 5) is 19.3. The molecule has 1 aliphatic rings. The van der Waals surface area contributed by atoms with Gasteiger partial charge in [-0.3, -0.25) is 9.98 Å². The van der Waals surface area contributed by atoms with Crippen LogP contribution in [-0.2, 0) is 27.3 Å². The third kappa shape index (κ3) is 5.49. The normalized spacial score (nSPS) is 28.0. The first kappa shape index (κ1) is 24.1. The van der Waals surface area contributed by atoms with Crippen LogP contribution in [0.25, 0.3) is 0 Å². The summed E-state index contributed by atoms with van der Waals surface area (Å²) >= 11 is 0. The molecule has 1 aliphatic heterocycles. The lowest BCUT2D eigenvalue weighted by Gasteiger charge is -2.39. The Labute approximate surface area is 171 Å². The van der Waals surface area contributed by atoms with Gasteiger partial charge in [0.1, 0.15) is 30.2 Å². The second-order valence-electron chi connectivity index (χ2n) is 6.77. The van der Waals surface area contributed by atoms with Crippen molar-refractivity contribution in [3.05, 3.63) is 23.0 Å². The van der Waals surface area contributed by atoms with E-state index in [2.05, 4.69) is 9.98 Å². The van der Waals surface area contributed by atoms with E-state index in [4.69, 9.17) is 14.6 Å². The van der Waals surface area contributed by atoms with E-state index in [0.717, 1.165) is 0 Å². The number of aliphatic carboxylic acids is 1. The van der Waals surface area contributed by atoms with Gasteiger partial charge in [-0.05, 0) is 6.92 Å². The summed E-state index contributed by atoms with van der Waals surface area (Å²) in [6, 6.07) is -1.40. The fourth-order valence-corrected chi connectivity index (χ4v) is 2.89. The van der Waals surface area contributed by atoms with Crippen molar-refractivity contribution in [2.75, 3.05) is 13.2 Å². The number of pyridine rings is 1. The van der Waals surface area contributed by atoms with Gasteiger partial charge in [0.05, 0.1) is 25.5 Å². The lowest BCUT2D eigenvalue weighted by atomic mass is 9.99. The number of aliphatic hydroxyl groups excluding tert-OH is 5. The Kier molecular flexibility index (Phi) is 8.61. The molecule has 1 aromatic rings. The number of ether oxygens (including phenoxy) is 2. The Morgan fingerprint density at radius 3 is 2.60 bits per heavy atom. The zero-order valence-electron chi connectivity index (χ0n) is 16.2. The van der Waals surface area contributed by atoms with Crippen LogP contribution in [0.2, 0.25) is 0 Å². The number of carboxylic acids is 1. The molecule has 0 radical (unpaired) electrons. The van der Waals surface area contributed by atoms with Gasteiger partial charge < -0.3 is 45.2 Å². The monoisotopic (exact) mass is 430 g/mol. The third-order valence-corrected chi connectivity index (χ3v) is 4.73. The van der Waals surface area contributed by atoms with Crippen LogP contribution in [0.3, 0.4) is 0 Å². The van der Waals surface area contributed by atoms with Crippen molar-refractivity contribution < 1.29 is 50.0 Å². The number of carboxylic acid groups (broad SMARTS) is 1. The van der Waals surface area contributed by atoms with E-state index in [1.54, 1.807) is 6.92 Å². The number of aromatic nitrogens is 1. The van der Waals surface area contributed by atoms with Crippen molar-refractivity contribution in [1.82, 2.24) is 4.98 Å². The molecular weight excluding hydrogens is 404 g/mol. The summed E-state index contributed by atoms with van der Waals surface area (Å²) in [6.07, 6.45) is -4.88. The van der Waals surface area contributed by atoms with Gasteiger partial charge in [-0.1, -0.05) is 0 Å². The highest BCUT2D eigenvalue weighted by molar-refractivity contribution is 5.77. The Balaban J connectivity index is 2.04. The highest BCUT2D eigenvalue weighted by Gasteiger charge is 2.44. The topological polar surface area (TPSA) is 202 Å². The first-order valence-electron chi connectivity index (χ1n) is 9.14. The first-order valence-corrected chi connectivity index (χ1v) is 9.14.